The first kappa shape index (κ1) is 13.6. The SMILES string of the molecule is CCNc1ncc(Br)c(N2CCCCCC2C)n1. The molecular weight excluding hydrogens is 292 g/mol. The molecule has 1 fully saturated rings. The lowest BCUT2D eigenvalue weighted by atomic mass is 10.1. The summed E-state index contributed by atoms with van der Waals surface area (Å²) in [4.78, 5) is 11.3. The monoisotopic (exact) mass is 312 g/mol. The van der Waals surface area contributed by atoms with Crippen LogP contribution in [0, 0.1) is 0 Å². The fourth-order valence-corrected chi connectivity index (χ4v) is 2.81. The highest BCUT2D eigenvalue weighted by molar-refractivity contribution is 9.10. The van der Waals surface area contributed by atoms with Crippen molar-refractivity contribution in [2.75, 3.05) is 23.3 Å². The van der Waals surface area contributed by atoms with Gasteiger partial charge in [0.15, 0.2) is 0 Å². The number of hydrogen-bond donors (Lipinski definition) is 1. The minimum absolute atomic E-state index is 0.549. The number of nitrogens with one attached hydrogen (secondary N) is 1. The molecule has 18 heavy (non-hydrogen) atoms. The smallest absolute Gasteiger partial charge is 0.224 e. The third kappa shape index (κ3) is 3.13. The van der Waals surface area contributed by atoms with Crippen LogP contribution in [0.15, 0.2) is 10.7 Å². The maximum absolute atomic E-state index is 4.63. The van der Waals surface area contributed by atoms with Crippen molar-refractivity contribution in [3.8, 4) is 0 Å². The van der Waals surface area contributed by atoms with Gasteiger partial charge < -0.3 is 10.2 Å². The van der Waals surface area contributed by atoms with Crippen molar-refractivity contribution in [3.63, 3.8) is 0 Å². The summed E-state index contributed by atoms with van der Waals surface area (Å²) in [6.07, 6.45) is 6.98. The summed E-state index contributed by atoms with van der Waals surface area (Å²) in [6, 6.07) is 0.549. The van der Waals surface area contributed by atoms with E-state index in [9.17, 15) is 0 Å². The van der Waals surface area contributed by atoms with Crippen LogP contribution in [0.5, 0.6) is 0 Å². The van der Waals surface area contributed by atoms with Gasteiger partial charge in [-0.3, -0.25) is 0 Å². The minimum atomic E-state index is 0.549. The van der Waals surface area contributed by atoms with Gasteiger partial charge in [-0.2, -0.15) is 4.98 Å². The first-order valence-electron chi connectivity index (χ1n) is 6.75. The molecule has 0 bridgehead atoms. The van der Waals surface area contributed by atoms with E-state index in [1.807, 2.05) is 6.20 Å². The van der Waals surface area contributed by atoms with Gasteiger partial charge in [-0.25, -0.2) is 4.98 Å². The summed E-state index contributed by atoms with van der Waals surface area (Å²) in [6.45, 7) is 6.27. The average Bonchev–Trinajstić information content (AvgIpc) is 2.57. The molecule has 4 nitrogen and oxygen atoms in total. The second kappa shape index (κ2) is 6.36. The number of hydrogen-bond acceptors (Lipinski definition) is 4. The third-order valence-corrected chi connectivity index (χ3v) is 3.94. The van der Waals surface area contributed by atoms with Gasteiger partial charge in [0.25, 0.3) is 0 Å². The Balaban J connectivity index is 2.26. The predicted octanol–water partition coefficient (Wildman–Crippen LogP) is 3.44. The lowest BCUT2D eigenvalue weighted by Gasteiger charge is -2.29. The molecule has 1 aliphatic rings. The van der Waals surface area contributed by atoms with Gasteiger partial charge in [0.2, 0.25) is 5.95 Å². The maximum atomic E-state index is 4.63. The first-order valence-corrected chi connectivity index (χ1v) is 7.54. The van der Waals surface area contributed by atoms with Gasteiger partial charge in [0.1, 0.15) is 5.82 Å². The minimum Gasteiger partial charge on any atom is -0.354 e. The fourth-order valence-electron chi connectivity index (χ4n) is 2.39. The number of aromatic nitrogens is 2. The molecule has 1 aromatic rings. The highest BCUT2D eigenvalue weighted by atomic mass is 79.9. The van der Waals surface area contributed by atoms with E-state index >= 15 is 0 Å². The zero-order valence-electron chi connectivity index (χ0n) is 11.1. The maximum Gasteiger partial charge on any atom is 0.224 e. The number of halogens is 1. The molecule has 0 spiro atoms. The second-order valence-electron chi connectivity index (χ2n) is 4.79. The van der Waals surface area contributed by atoms with E-state index in [4.69, 9.17) is 0 Å². The molecule has 2 heterocycles. The Kier molecular flexibility index (Phi) is 4.80. The van der Waals surface area contributed by atoms with Crippen molar-refractivity contribution in [2.24, 2.45) is 0 Å². The molecule has 1 atom stereocenters. The highest BCUT2D eigenvalue weighted by Gasteiger charge is 2.21. The lowest BCUT2D eigenvalue weighted by Crippen LogP contribution is -2.33. The van der Waals surface area contributed by atoms with Gasteiger partial charge in [0, 0.05) is 25.3 Å². The van der Waals surface area contributed by atoms with E-state index < -0.39 is 0 Å². The third-order valence-electron chi connectivity index (χ3n) is 3.39. The summed E-state index contributed by atoms with van der Waals surface area (Å²) in [5.74, 6) is 1.74. The summed E-state index contributed by atoms with van der Waals surface area (Å²) in [7, 11) is 0. The topological polar surface area (TPSA) is 41.1 Å². The van der Waals surface area contributed by atoms with Crippen molar-refractivity contribution in [2.45, 2.75) is 45.6 Å². The standard InChI is InChI=1S/C13H21BrN4/c1-3-15-13-16-9-11(14)12(17-13)18-8-6-4-5-7-10(18)2/h9-10H,3-8H2,1-2H3,(H,15,16,17). The molecule has 100 valence electrons. The Labute approximate surface area is 117 Å². The predicted molar refractivity (Wildman–Crippen MR) is 79.2 cm³/mol. The van der Waals surface area contributed by atoms with Crippen LogP contribution in [-0.2, 0) is 0 Å². The van der Waals surface area contributed by atoms with Crippen molar-refractivity contribution in [3.05, 3.63) is 10.7 Å². The first-order chi connectivity index (χ1) is 8.72. The van der Waals surface area contributed by atoms with Crippen LogP contribution < -0.4 is 10.2 Å². The molecule has 1 aromatic heterocycles. The van der Waals surface area contributed by atoms with Crippen LogP contribution in [0.25, 0.3) is 0 Å². The van der Waals surface area contributed by atoms with Crippen LogP contribution in [0.2, 0.25) is 0 Å². The van der Waals surface area contributed by atoms with Gasteiger partial charge in [-0.15, -0.1) is 0 Å². The molecule has 5 heteroatoms. The largest absolute Gasteiger partial charge is 0.354 e. The van der Waals surface area contributed by atoms with Crippen LogP contribution in [0.3, 0.4) is 0 Å². The number of nitrogens with zero attached hydrogens (tertiary/aromatic N) is 3. The van der Waals surface area contributed by atoms with E-state index in [1.54, 1.807) is 0 Å². The van der Waals surface area contributed by atoms with Crippen LogP contribution in [0.4, 0.5) is 11.8 Å². The molecule has 1 aliphatic heterocycles. The lowest BCUT2D eigenvalue weighted by molar-refractivity contribution is 0.610. The molecule has 2 rings (SSSR count). The Hall–Kier alpha value is -0.840. The van der Waals surface area contributed by atoms with E-state index in [0.29, 0.717) is 12.0 Å². The zero-order valence-corrected chi connectivity index (χ0v) is 12.7. The van der Waals surface area contributed by atoms with E-state index in [1.165, 1.54) is 25.7 Å². The van der Waals surface area contributed by atoms with Crippen molar-refractivity contribution < 1.29 is 0 Å². The van der Waals surface area contributed by atoms with Gasteiger partial charge in [-0.1, -0.05) is 12.8 Å². The van der Waals surface area contributed by atoms with Crippen molar-refractivity contribution in [1.82, 2.24) is 9.97 Å². The van der Waals surface area contributed by atoms with Crippen molar-refractivity contribution in [1.29, 1.82) is 0 Å². The van der Waals surface area contributed by atoms with Crippen LogP contribution in [0.1, 0.15) is 39.5 Å². The van der Waals surface area contributed by atoms with E-state index in [0.717, 1.165) is 23.4 Å². The quantitative estimate of drug-likeness (QED) is 0.928. The second-order valence-corrected chi connectivity index (χ2v) is 5.64. The normalized spacial score (nSPS) is 20.6. The number of anilines is 2. The van der Waals surface area contributed by atoms with Crippen LogP contribution in [-0.4, -0.2) is 29.1 Å². The van der Waals surface area contributed by atoms with Gasteiger partial charge >= 0.3 is 0 Å². The summed E-state index contributed by atoms with van der Waals surface area (Å²) in [5, 5.41) is 3.17. The molecule has 0 aliphatic carbocycles. The Morgan fingerprint density at radius 2 is 2.28 bits per heavy atom. The highest BCUT2D eigenvalue weighted by Crippen LogP contribution is 2.29. The van der Waals surface area contributed by atoms with E-state index in [2.05, 4.69) is 50.0 Å². The molecule has 0 amide bonds. The average molecular weight is 313 g/mol. The zero-order chi connectivity index (χ0) is 13.0. The number of rotatable bonds is 3. The van der Waals surface area contributed by atoms with E-state index in [-0.39, 0.29) is 0 Å². The van der Waals surface area contributed by atoms with Gasteiger partial charge in [0.05, 0.1) is 4.47 Å². The molecule has 1 saturated heterocycles. The molecule has 0 radical (unpaired) electrons. The van der Waals surface area contributed by atoms with Crippen LogP contribution >= 0.6 is 15.9 Å². The Bertz CT molecular complexity index is 397. The fraction of sp³-hybridized carbons (Fsp3) is 0.692. The molecule has 0 saturated carbocycles. The summed E-state index contributed by atoms with van der Waals surface area (Å²) >= 11 is 3.58. The Morgan fingerprint density at radius 1 is 1.44 bits per heavy atom. The Morgan fingerprint density at radius 3 is 3.06 bits per heavy atom. The molecule has 1 unspecified atom stereocenters. The molecule has 1 N–H and O–H groups in total. The molecular formula is C13H21BrN4. The van der Waals surface area contributed by atoms with Gasteiger partial charge in [-0.05, 0) is 42.6 Å². The summed E-state index contributed by atoms with van der Waals surface area (Å²) in [5.41, 5.74) is 0. The molecule has 0 aromatic carbocycles. The van der Waals surface area contributed by atoms with Crippen molar-refractivity contribution >= 4 is 27.7 Å². The summed E-state index contributed by atoms with van der Waals surface area (Å²) < 4.78 is 0.984.